The van der Waals surface area contributed by atoms with Crippen LogP contribution in [-0.2, 0) is 9.59 Å². The van der Waals surface area contributed by atoms with E-state index in [4.69, 9.17) is 20.1 Å². The number of nitrogens with one attached hydrogen (secondary N) is 1. The Kier molecular flexibility index (Phi) is 9.97. The van der Waals surface area contributed by atoms with E-state index in [1.54, 1.807) is 17.7 Å². The van der Waals surface area contributed by atoms with Crippen LogP contribution in [0, 0.1) is 5.82 Å². The largest absolute Gasteiger partial charge is 0.494 e. The molecule has 220 valence electrons. The van der Waals surface area contributed by atoms with Gasteiger partial charge in [0.2, 0.25) is 5.95 Å². The van der Waals surface area contributed by atoms with E-state index >= 15 is 0 Å². The number of methoxy groups -OCH3 is 1. The van der Waals surface area contributed by atoms with E-state index in [9.17, 15) is 14.0 Å². The van der Waals surface area contributed by atoms with Gasteiger partial charge in [-0.25, -0.2) is 28.9 Å². The standard InChI is InChI=1S/C24H26FN7O2.C4H4O4/c1-34-21-14-17(31-10-8-30(9-11-31)12-13-33)5-6-19(21)28-24-27-15-18(25)23(29-24)20-16-26-22-4-2-3-7-32(20)22;5-3(6)1-2-4(7)8/h2-7,14-16,33H,8-13H2,1H3,(H,27,28,29);1-2H,(H,5,6)(H,7,8). The van der Waals surface area contributed by atoms with Crippen molar-refractivity contribution >= 4 is 34.9 Å². The summed E-state index contributed by atoms with van der Waals surface area (Å²) in [6.07, 6.45) is 5.68. The van der Waals surface area contributed by atoms with Gasteiger partial charge in [-0.15, -0.1) is 0 Å². The molecule has 4 aromatic rings. The number of benzene rings is 1. The highest BCUT2D eigenvalue weighted by atomic mass is 19.1. The number of aromatic nitrogens is 4. The molecule has 0 atom stereocenters. The van der Waals surface area contributed by atoms with Crippen molar-refractivity contribution in [1.82, 2.24) is 24.3 Å². The van der Waals surface area contributed by atoms with Crippen LogP contribution < -0.4 is 15.0 Å². The van der Waals surface area contributed by atoms with E-state index < -0.39 is 17.8 Å². The summed E-state index contributed by atoms with van der Waals surface area (Å²) in [7, 11) is 1.61. The SMILES string of the molecule is COc1cc(N2CCN(CCO)CC2)ccc1Nc1ncc(F)c(-c2cnc3ccccn23)n1.O=C(O)C=CC(=O)O. The fourth-order valence-corrected chi connectivity index (χ4v) is 4.33. The number of ether oxygens (including phenoxy) is 1. The van der Waals surface area contributed by atoms with Gasteiger partial charge in [-0.05, 0) is 24.3 Å². The number of hydrogen-bond acceptors (Lipinski definition) is 10. The number of nitrogens with zero attached hydrogens (tertiary/aromatic N) is 6. The maximum atomic E-state index is 14.6. The number of hydrogen-bond donors (Lipinski definition) is 4. The fourth-order valence-electron chi connectivity index (χ4n) is 4.33. The van der Waals surface area contributed by atoms with Gasteiger partial charge >= 0.3 is 11.9 Å². The highest BCUT2D eigenvalue weighted by Gasteiger charge is 2.19. The summed E-state index contributed by atoms with van der Waals surface area (Å²) < 4.78 is 22.0. The van der Waals surface area contributed by atoms with E-state index in [0.29, 0.717) is 41.5 Å². The van der Waals surface area contributed by atoms with Crippen LogP contribution in [0.5, 0.6) is 5.75 Å². The molecule has 5 rings (SSSR count). The number of imidazole rings is 1. The maximum Gasteiger partial charge on any atom is 0.328 e. The zero-order valence-corrected chi connectivity index (χ0v) is 22.7. The van der Waals surface area contributed by atoms with E-state index in [1.165, 1.54) is 0 Å². The minimum atomic E-state index is -1.26. The number of aliphatic hydroxyl groups is 1. The number of aliphatic carboxylic acids is 2. The van der Waals surface area contributed by atoms with E-state index in [0.717, 1.165) is 38.1 Å². The third kappa shape index (κ3) is 7.56. The topological polar surface area (TPSA) is 166 Å². The van der Waals surface area contributed by atoms with E-state index in [-0.39, 0.29) is 18.2 Å². The molecule has 4 N–H and O–H groups in total. The summed E-state index contributed by atoms with van der Waals surface area (Å²) in [5, 5.41) is 27.9. The van der Waals surface area contributed by atoms with Crippen LogP contribution in [-0.4, -0.2) is 98.0 Å². The lowest BCUT2D eigenvalue weighted by molar-refractivity contribution is -0.134. The number of piperazine rings is 1. The molecule has 0 spiro atoms. The summed E-state index contributed by atoms with van der Waals surface area (Å²) in [6, 6.07) is 11.5. The molecule has 0 unspecified atom stereocenters. The van der Waals surface area contributed by atoms with Crippen LogP contribution in [0.25, 0.3) is 17.0 Å². The normalized spacial score (nSPS) is 13.5. The van der Waals surface area contributed by atoms with Crippen molar-refractivity contribution in [1.29, 1.82) is 0 Å². The van der Waals surface area contributed by atoms with Gasteiger partial charge in [-0.3, -0.25) is 9.30 Å². The average molecular weight is 580 g/mol. The molecule has 42 heavy (non-hydrogen) atoms. The molecular weight excluding hydrogens is 549 g/mol. The predicted octanol–water partition coefficient (Wildman–Crippen LogP) is 2.51. The minimum absolute atomic E-state index is 0.160. The number of anilines is 3. The van der Waals surface area contributed by atoms with E-state index in [1.807, 2.05) is 42.6 Å². The molecule has 0 amide bonds. The molecule has 14 heteroatoms. The van der Waals surface area contributed by atoms with Gasteiger partial charge in [0, 0.05) is 62.8 Å². The van der Waals surface area contributed by atoms with Crippen LogP contribution in [0.1, 0.15) is 0 Å². The first-order valence-corrected chi connectivity index (χ1v) is 12.9. The van der Waals surface area contributed by atoms with Gasteiger partial charge in [-0.2, -0.15) is 0 Å². The molecule has 1 aliphatic heterocycles. The third-order valence-electron chi connectivity index (χ3n) is 6.36. The Bertz CT molecular complexity index is 1550. The van der Waals surface area contributed by atoms with Crippen LogP contribution in [0.4, 0.5) is 21.7 Å². The molecule has 1 aliphatic rings. The zero-order chi connectivity index (χ0) is 30.1. The Morgan fingerprint density at radius 1 is 1.05 bits per heavy atom. The Labute approximate surface area is 240 Å². The van der Waals surface area contributed by atoms with Gasteiger partial charge in [0.1, 0.15) is 17.1 Å². The molecule has 0 bridgehead atoms. The van der Waals surface area contributed by atoms with Gasteiger partial charge in [0.05, 0.1) is 37.5 Å². The number of β-amino-alcohol motifs (C(OH)–C–C–N with tert-alkyl or cyclic N) is 1. The second-order valence-corrected chi connectivity index (χ2v) is 9.03. The molecule has 0 aliphatic carbocycles. The molecule has 3 aromatic heterocycles. The van der Waals surface area contributed by atoms with Crippen LogP contribution >= 0.6 is 0 Å². The van der Waals surface area contributed by atoms with Gasteiger partial charge in [-0.1, -0.05) is 6.07 Å². The van der Waals surface area contributed by atoms with Gasteiger partial charge < -0.3 is 30.3 Å². The lowest BCUT2D eigenvalue weighted by atomic mass is 10.2. The summed E-state index contributed by atoms with van der Waals surface area (Å²) in [5.74, 6) is -2.15. The number of carboxylic acid groups (broad SMARTS) is 2. The van der Waals surface area contributed by atoms with Crippen LogP contribution in [0.15, 0.2) is 67.1 Å². The van der Waals surface area contributed by atoms with Crippen molar-refractivity contribution in [2.45, 2.75) is 0 Å². The number of carbonyl (C=O) groups is 2. The fraction of sp³-hybridized carbons (Fsp3) is 0.250. The highest BCUT2D eigenvalue weighted by Crippen LogP contribution is 2.32. The molecule has 0 radical (unpaired) electrons. The smallest absolute Gasteiger partial charge is 0.328 e. The van der Waals surface area contributed by atoms with E-state index in [2.05, 4.69) is 30.1 Å². The Hall–Kier alpha value is -5.08. The summed E-state index contributed by atoms with van der Waals surface area (Å²) in [5.41, 5.74) is 3.14. The number of rotatable bonds is 9. The number of halogens is 1. The van der Waals surface area contributed by atoms with Crippen molar-refractivity contribution in [3.05, 3.63) is 73.0 Å². The Balaban J connectivity index is 0.000000446. The second kappa shape index (κ2) is 14.0. The van der Waals surface area contributed by atoms with Crippen molar-refractivity contribution in [2.75, 3.05) is 56.7 Å². The van der Waals surface area contributed by atoms with Crippen molar-refractivity contribution in [2.24, 2.45) is 0 Å². The minimum Gasteiger partial charge on any atom is -0.494 e. The maximum absolute atomic E-state index is 14.6. The number of pyridine rings is 1. The van der Waals surface area contributed by atoms with Gasteiger partial charge in [0.15, 0.2) is 5.82 Å². The first-order chi connectivity index (χ1) is 20.3. The quantitative estimate of drug-likeness (QED) is 0.214. The first-order valence-electron chi connectivity index (χ1n) is 12.9. The Morgan fingerprint density at radius 2 is 1.79 bits per heavy atom. The summed E-state index contributed by atoms with van der Waals surface area (Å²) >= 11 is 0. The third-order valence-corrected chi connectivity index (χ3v) is 6.36. The first kappa shape index (κ1) is 29.9. The molecule has 1 fully saturated rings. The van der Waals surface area contributed by atoms with Crippen LogP contribution in [0.3, 0.4) is 0 Å². The highest BCUT2D eigenvalue weighted by molar-refractivity contribution is 5.89. The number of carboxylic acids is 2. The number of aliphatic hydroxyl groups excluding tert-OH is 1. The molecule has 0 saturated carbocycles. The van der Waals surface area contributed by atoms with Gasteiger partial charge in [0.25, 0.3) is 0 Å². The zero-order valence-electron chi connectivity index (χ0n) is 22.7. The van der Waals surface area contributed by atoms with Crippen LogP contribution in [0.2, 0.25) is 0 Å². The monoisotopic (exact) mass is 579 g/mol. The molecular formula is C28H30FN7O6. The van der Waals surface area contributed by atoms with Crippen molar-refractivity contribution in [3.63, 3.8) is 0 Å². The molecule has 1 aromatic carbocycles. The molecule has 4 heterocycles. The molecule has 13 nitrogen and oxygen atoms in total. The summed E-state index contributed by atoms with van der Waals surface area (Å²) in [6.45, 7) is 4.43. The summed E-state index contributed by atoms with van der Waals surface area (Å²) in [4.78, 5) is 36.5. The van der Waals surface area contributed by atoms with Crippen molar-refractivity contribution < 1.29 is 34.0 Å². The average Bonchev–Trinajstić information content (AvgIpc) is 3.42. The lowest BCUT2D eigenvalue weighted by Crippen LogP contribution is -2.47. The Morgan fingerprint density at radius 3 is 2.45 bits per heavy atom. The van der Waals surface area contributed by atoms with Crippen molar-refractivity contribution in [3.8, 4) is 17.1 Å². The second-order valence-electron chi connectivity index (χ2n) is 9.03. The lowest BCUT2D eigenvalue weighted by Gasteiger charge is -2.36. The number of fused-ring (bicyclic) bond motifs is 1. The molecule has 1 saturated heterocycles. The predicted molar refractivity (Wildman–Crippen MR) is 153 cm³/mol.